The van der Waals surface area contributed by atoms with Crippen molar-refractivity contribution >= 4 is 5.97 Å². The Morgan fingerprint density at radius 3 is 2.45 bits per heavy atom. The van der Waals surface area contributed by atoms with Gasteiger partial charge in [-0.3, -0.25) is 4.79 Å². The van der Waals surface area contributed by atoms with Gasteiger partial charge in [0.05, 0.1) is 5.41 Å². The summed E-state index contributed by atoms with van der Waals surface area (Å²) in [6.45, 7) is 5.63. The Kier molecular flexibility index (Phi) is 6.02. The maximum absolute atomic E-state index is 11.0. The molecule has 0 radical (unpaired) electrons. The highest BCUT2D eigenvalue weighted by Gasteiger charge is 2.28. The van der Waals surface area contributed by atoms with Gasteiger partial charge in [0, 0.05) is 6.04 Å². The van der Waals surface area contributed by atoms with Gasteiger partial charge in [-0.15, -0.1) is 0 Å². The van der Waals surface area contributed by atoms with E-state index in [1.54, 1.807) is 13.8 Å². The van der Waals surface area contributed by atoms with E-state index in [-0.39, 0.29) is 6.61 Å². The Hall–Kier alpha value is -1.55. The molecule has 0 spiro atoms. The van der Waals surface area contributed by atoms with Gasteiger partial charge in [0.1, 0.15) is 12.4 Å². The lowest BCUT2D eigenvalue weighted by Gasteiger charge is -2.19. The third-order valence-corrected chi connectivity index (χ3v) is 3.46. The number of hydrogen-bond donors (Lipinski definition) is 2. The fourth-order valence-electron chi connectivity index (χ4n) is 1.61. The van der Waals surface area contributed by atoms with Crippen molar-refractivity contribution in [1.82, 2.24) is 5.32 Å². The van der Waals surface area contributed by atoms with E-state index in [0.717, 1.165) is 12.8 Å². The molecule has 0 saturated heterocycles. The summed E-state index contributed by atoms with van der Waals surface area (Å²) >= 11 is 0. The molecule has 0 heterocycles. The molecule has 20 heavy (non-hydrogen) atoms. The van der Waals surface area contributed by atoms with E-state index < -0.39 is 11.4 Å². The fraction of sp³-hybridized carbons (Fsp3) is 0.562. The van der Waals surface area contributed by atoms with Crippen LogP contribution in [0.2, 0.25) is 0 Å². The second-order valence-electron chi connectivity index (χ2n) is 5.85. The fourth-order valence-corrected chi connectivity index (χ4v) is 1.61. The van der Waals surface area contributed by atoms with Gasteiger partial charge in [0.2, 0.25) is 0 Å². The molecule has 0 aliphatic rings. The summed E-state index contributed by atoms with van der Waals surface area (Å²) in [6, 6.07) is 8.37. The van der Waals surface area contributed by atoms with Gasteiger partial charge in [-0.1, -0.05) is 12.1 Å². The second kappa shape index (κ2) is 7.29. The van der Waals surface area contributed by atoms with Crippen LogP contribution in [0.15, 0.2) is 24.3 Å². The molecule has 1 rings (SSSR count). The van der Waals surface area contributed by atoms with Crippen LogP contribution in [0.4, 0.5) is 0 Å². The predicted molar refractivity (Wildman–Crippen MR) is 80.2 cm³/mol. The van der Waals surface area contributed by atoms with Crippen molar-refractivity contribution in [3.63, 3.8) is 0 Å². The molecule has 0 aliphatic carbocycles. The molecule has 1 aromatic rings. The predicted octanol–water partition coefficient (Wildman–Crippen LogP) is 2.72. The van der Waals surface area contributed by atoms with Crippen LogP contribution in [-0.2, 0) is 11.2 Å². The zero-order chi connectivity index (χ0) is 15.2. The van der Waals surface area contributed by atoms with E-state index >= 15 is 0 Å². The van der Waals surface area contributed by atoms with Crippen molar-refractivity contribution in [1.29, 1.82) is 0 Å². The van der Waals surface area contributed by atoms with Gasteiger partial charge in [-0.25, -0.2) is 0 Å². The number of aliphatic carboxylic acids is 1. The van der Waals surface area contributed by atoms with Crippen molar-refractivity contribution in [3.8, 4) is 5.75 Å². The number of benzene rings is 1. The van der Waals surface area contributed by atoms with Crippen molar-refractivity contribution in [2.45, 2.75) is 39.7 Å². The molecule has 0 aromatic heterocycles. The first kappa shape index (κ1) is 16.5. The van der Waals surface area contributed by atoms with Crippen LogP contribution in [0.1, 0.15) is 32.8 Å². The zero-order valence-electron chi connectivity index (χ0n) is 12.8. The van der Waals surface area contributed by atoms with Crippen molar-refractivity contribution < 1.29 is 14.6 Å². The van der Waals surface area contributed by atoms with Crippen molar-refractivity contribution in [2.75, 3.05) is 13.7 Å². The minimum atomic E-state index is -0.874. The Balaban J connectivity index is 2.48. The van der Waals surface area contributed by atoms with Crippen LogP contribution >= 0.6 is 0 Å². The van der Waals surface area contributed by atoms with E-state index in [2.05, 4.69) is 12.2 Å². The van der Waals surface area contributed by atoms with E-state index in [1.165, 1.54) is 5.56 Å². The lowest BCUT2D eigenvalue weighted by Crippen LogP contribution is -2.30. The number of carboxylic acids is 1. The molecule has 0 fully saturated rings. The SMILES string of the molecule is CNC(C)CCc1ccc(OCC(C)(C)C(=O)O)cc1. The molecule has 1 unspecified atom stereocenters. The number of hydrogen-bond acceptors (Lipinski definition) is 3. The number of ether oxygens (including phenoxy) is 1. The molecule has 1 atom stereocenters. The molecule has 4 heteroatoms. The lowest BCUT2D eigenvalue weighted by atomic mass is 9.95. The number of carboxylic acid groups (broad SMARTS) is 1. The highest BCUT2D eigenvalue weighted by atomic mass is 16.5. The normalized spacial score (nSPS) is 13.0. The smallest absolute Gasteiger partial charge is 0.312 e. The Labute approximate surface area is 121 Å². The minimum absolute atomic E-state index is 0.165. The summed E-state index contributed by atoms with van der Waals surface area (Å²) in [5.74, 6) is -0.139. The van der Waals surface area contributed by atoms with E-state index in [0.29, 0.717) is 11.8 Å². The van der Waals surface area contributed by atoms with Crippen LogP contribution in [-0.4, -0.2) is 30.8 Å². The summed E-state index contributed by atoms with van der Waals surface area (Å²) in [7, 11) is 1.96. The van der Waals surface area contributed by atoms with Crippen LogP contribution in [0.3, 0.4) is 0 Å². The molecule has 112 valence electrons. The summed E-state index contributed by atoms with van der Waals surface area (Å²) < 4.78 is 5.54. The van der Waals surface area contributed by atoms with Gasteiger partial charge in [-0.05, 0) is 58.4 Å². The molecular formula is C16H25NO3. The number of rotatable bonds is 8. The van der Waals surface area contributed by atoms with Gasteiger partial charge in [0.25, 0.3) is 0 Å². The van der Waals surface area contributed by atoms with Crippen molar-refractivity contribution in [2.24, 2.45) is 5.41 Å². The molecule has 0 saturated carbocycles. The number of nitrogens with one attached hydrogen (secondary N) is 1. The van der Waals surface area contributed by atoms with E-state index in [1.807, 2.05) is 31.3 Å². The maximum atomic E-state index is 11.0. The van der Waals surface area contributed by atoms with Crippen LogP contribution in [0.25, 0.3) is 0 Å². The monoisotopic (exact) mass is 279 g/mol. The number of carbonyl (C=O) groups is 1. The summed E-state index contributed by atoms with van der Waals surface area (Å²) in [5.41, 5.74) is 0.387. The standard InChI is InChI=1S/C16H25NO3/c1-12(17-4)5-6-13-7-9-14(10-8-13)20-11-16(2,3)15(18)19/h7-10,12,17H,5-6,11H2,1-4H3,(H,18,19). The lowest BCUT2D eigenvalue weighted by molar-refractivity contribution is -0.148. The summed E-state index contributed by atoms with van der Waals surface area (Å²) in [6.07, 6.45) is 2.10. The highest BCUT2D eigenvalue weighted by molar-refractivity contribution is 5.73. The van der Waals surface area contributed by atoms with Gasteiger partial charge in [0.15, 0.2) is 0 Å². The average Bonchev–Trinajstić information content (AvgIpc) is 2.43. The average molecular weight is 279 g/mol. The van der Waals surface area contributed by atoms with Crippen LogP contribution < -0.4 is 10.1 Å². The summed E-state index contributed by atoms with van der Waals surface area (Å²) in [4.78, 5) is 11.0. The Morgan fingerprint density at radius 1 is 1.35 bits per heavy atom. The first-order valence-electron chi connectivity index (χ1n) is 6.97. The zero-order valence-corrected chi connectivity index (χ0v) is 12.8. The quantitative estimate of drug-likeness (QED) is 0.768. The van der Waals surface area contributed by atoms with Gasteiger partial charge in [-0.2, -0.15) is 0 Å². The molecule has 1 aromatic carbocycles. The van der Waals surface area contributed by atoms with Crippen molar-refractivity contribution in [3.05, 3.63) is 29.8 Å². The molecule has 0 amide bonds. The Bertz CT molecular complexity index is 426. The molecule has 4 nitrogen and oxygen atoms in total. The van der Waals surface area contributed by atoms with Gasteiger partial charge < -0.3 is 15.2 Å². The van der Waals surface area contributed by atoms with E-state index in [9.17, 15) is 4.79 Å². The first-order chi connectivity index (χ1) is 9.35. The Morgan fingerprint density at radius 2 is 1.95 bits per heavy atom. The molecule has 2 N–H and O–H groups in total. The number of aryl methyl sites for hydroxylation is 1. The van der Waals surface area contributed by atoms with Gasteiger partial charge >= 0.3 is 5.97 Å². The molecular weight excluding hydrogens is 254 g/mol. The van der Waals surface area contributed by atoms with E-state index in [4.69, 9.17) is 9.84 Å². The minimum Gasteiger partial charge on any atom is -0.492 e. The third kappa shape index (κ3) is 5.21. The largest absolute Gasteiger partial charge is 0.492 e. The van der Waals surface area contributed by atoms with Crippen LogP contribution in [0.5, 0.6) is 5.75 Å². The van der Waals surface area contributed by atoms with Crippen LogP contribution in [0, 0.1) is 5.41 Å². The highest BCUT2D eigenvalue weighted by Crippen LogP contribution is 2.19. The summed E-state index contributed by atoms with van der Waals surface area (Å²) in [5, 5.41) is 12.2. The third-order valence-electron chi connectivity index (χ3n) is 3.46. The topological polar surface area (TPSA) is 58.6 Å². The second-order valence-corrected chi connectivity index (χ2v) is 5.85. The molecule has 0 bridgehead atoms. The maximum Gasteiger partial charge on any atom is 0.312 e. The first-order valence-corrected chi connectivity index (χ1v) is 6.97. The molecule has 0 aliphatic heterocycles.